The van der Waals surface area contributed by atoms with Crippen molar-refractivity contribution in [2.24, 2.45) is 5.92 Å². The van der Waals surface area contributed by atoms with E-state index in [-0.39, 0.29) is 11.7 Å². The third-order valence-electron chi connectivity index (χ3n) is 6.06. The van der Waals surface area contributed by atoms with Crippen LogP contribution in [0.4, 0.5) is 5.95 Å². The monoisotopic (exact) mass is 414 g/mol. The first kappa shape index (κ1) is 18.7. The van der Waals surface area contributed by atoms with Gasteiger partial charge in [0.2, 0.25) is 5.95 Å². The number of rotatable bonds is 6. The van der Waals surface area contributed by atoms with E-state index in [0.29, 0.717) is 28.2 Å². The van der Waals surface area contributed by atoms with Crippen LogP contribution in [0.3, 0.4) is 0 Å². The molecule has 2 heterocycles. The first-order chi connectivity index (χ1) is 13.9. The molecule has 0 radical (unpaired) electrons. The third kappa shape index (κ3) is 3.54. The lowest BCUT2D eigenvalue weighted by molar-refractivity contribution is 0.393. The van der Waals surface area contributed by atoms with Gasteiger partial charge in [-0.05, 0) is 63.1 Å². The molecule has 0 spiro atoms. The van der Waals surface area contributed by atoms with Crippen molar-refractivity contribution in [2.45, 2.75) is 63.3 Å². The molecule has 1 aromatic carbocycles. The summed E-state index contributed by atoms with van der Waals surface area (Å²) >= 11 is 0. The van der Waals surface area contributed by atoms with E-state index >= 15 is 0 Å². The topological polar surface area (TPSA) is 101 Å². The van der Waals surface area contributed by atoms with Gasteiger partial charge < -0.3 is 14.8 Å². The normalized spacial score (nSPS) is 18.0. The van der Waals surface area contributed by atoms with Crippen molar-refractivity contribution in [1.29, 1.82) is 0 Å². The summed E-state index contributed by atoms with van der Waals surface area (Å²) in [5, 5.41) is 7.38. The fourth-order valence-electron chi connectivity index (χ4n) is 4.43. The van der Waals surface area contributed by atoms with Gasteiger partial charge in [0.25, 0.3) is 0 Å². The summed E-state index contributed by atoms with van der Waals surface area (Å²) in [6.45, 7) is 3.72. The molecule has 2 aromatic heterocycles. The lowest BCUT2D eigenvalue weighted by Gasteiger charge is -2.12. The SMILES string of the molecule is Cc1noc(C)c1-c1cc(S(=O)(=O)CC2CCCC2)c2nc(NC3CC3)[nH]c2c1. The van der Waals surface area contributed by atoms with Crippen molar-refractivity contribution < 1.29 is 12.9 Å². The summed E-state index contributed by atoms with van der Waals surface area (Å²) in [6, 6.07) is 4.12. The number of aryl methyl sites for hydroxylation is 2. The highest BCUT2D eigenvalue weighted by Gasteiger charge is 2.29. The molecule has 0 unspecified atom stereocenters. The molecule has 29 heavy (non-hydrogen) atoms. The molecular formula is C21H26N4O3S. The molecule has 2 aliphatic rings. The van der Waals surface area contributed by atoms with Gasteiger partial charge >= 0.3 is 0 Å². The number of imidazole rings is 1. The molecule has 2 aliphatic carbocycles. The fourth-order valence-corrected chi connectivity index (χ4v) is 6.32. The van der Waals surface area contributed by atoms with Crippen LogP contribution in [0.5, 0.6) is 0 Å². The Labute approximate surface area is 170 Å². The molecule has 2 saturated carbocycles. The van der Waals surface area contributed by atoms with Crippen LogP contribution in [0.15, 0.2) is 21.6 Å². The molecule has 0 amide bonds. The molecule has 7 nitrogen and oxygen atoms in total. The number of nitrogens with zero attached hydrogens (tertiary/aromatic N) is 2. The van der Waals surface area contributed by atoms with Crippen molar-refractivity contribution in [3.05, 3.63) is 23.6 Å². The lowest BCUT2D eigenvalue weighted by atomic mass is 10.0. The molecule has 0 aliphatic heterocycles. The van der Waals surface area contributed by atoms with E-state index in [9.17, 15) is 8.42 Å². The number of H-pyrrole nitrogens is 1. The quantitative estimate of drug-likeness (QED) is 0.621. The second kappa shape index (κ2) is 6.86. The smallest absolute Gasteiger partial charge is 0.201 e. The van der Waals surface area contributed by atoms with Gasteiger partial charge in [-0.2, -0.15) is 0 Å². The highest BCUT2D eigenvalue weighted by atomic mass is 32.2. The Morgan fingerprint density at radius 3 is 2.59 bits per heavy atom. The van der Waals surface area contributed by atoms with Gasteiger partial charge in [-0.25, -0.2) is 13.4 Å². The van der Waals surface area contributed by atoms with Crippen LogP contribution >= 0.6 is 0 Å². The maximum atomic E-state index is 13.4. The largest absolute Gasteiger partial charge is 0.361 e. The molecule has 0 bridgehead atoms. The van der Waals surface area contributed by atoms with Crippen LogP contribution in [0.25, 0.3) is 22.2 Å². The zero-order valence-electron chi connectivity index (χ0n) is 16.8. The minimum absolute atomic E-state index is 0.186. The second-order valence-electron chi connectivity index (χ2n) is 8.51. The van der Waals surface area contributed by atoms with Gasteiger partial charge in [-0.3, -0.25) is 0 Å². The van der Waals surface area contributed by atoms with Crippen molar-refractivity contribution in [2.75, 3.05) is 11.1 Å². The highest BCUT2D eigenvalue weighted by Crippen LogP contribution is 2.36. The van der Waals surface area contributed by atoms with Gasteiger partial charge in [0, 0.05) is 11.6 Å². The zero-order chi connectivity index (χ0) is 20.2. The number of anilines is 1. The van der Waals surface area contributed by atoms with Crippen molar-refractivity contribution in [3.63, 3.8) is 0 Å². The number of hydrogen-bond acceptors (Lipinski definition) is 6. The van der Waals surface area contributed by atoms with E-state index in [4.69, 9.17) is 4.52 Å². The number of benzene rings is 1. The number of aromatic amines is 1. The van der Waals surface area contributed by atoms with Crippen LogP contribution < -0.4 is 5.32 Å². The summed E-state index contributed by atoms with van der Waals surface area (Å²) in [5.41, 5.74) is 3.62. The Hall–Kier alpha value is -2.35. The molecule has 154 valence electrons. The van der Waals surface area contributed by atoms with E-state index in [1.807, 2.05) is 19.9 Å². The Kier molecular flexibility index (Phi) is 4.42. The summed E-state index contributed by atoms with van der Waals surface area (Å²) in [6.07, 6.45) is 6.45. The molecule has 5 rings (SSSR count). The van der Waals surface area contributed by atoms with E-state index in [0.717, 1.165) is 60.9 Å². The Bertz CT molecular complexity index is 1150. The van der Waals surface area contributed by atoms with Crippen LogP contribution in [0.2, 0.25) is 0 Å². The van der Waals surface area contributed by atoms with Gasteiger partial charge in [0.05, 0.1) is 21.9 Å². The summed E-state index contributed by atoms with van der Waals surface area (Å²) in [5.74, 6) is 1.74. The average Bonchev–Trinajstić information content (AvgIpc) is 3.02. The van der Waals surface area contributed by atoms with Crippen LogP contribution in [-0.2, 0) is 9.84 Å². The Balaban J connectivity index is 1.65. The Morgan fingerprint density at radius 1 is 1.17 bits per heavy atom. The van der Waals surface area contributed by atoms with E-state index < -0.39 is 9.84 Å². The number of nitrogens with one attached hydrogen (secondary N) is 2. The van der Waals surface area contributed by atoms with E-state index in [1.54, 1.807) is 6.07 Å². The molecule has 8 heteroatoms. The zero-order valence-corrected chi connectivity index (χ0v) is 17.6. The van der Waals surface area contributed by atoms with Crippen molar-refractivity contribution in [3.8, 4) is 11.1 Å². The van der Waals surface area contributed by atoms with E-state index in [1.165, 1.54) is 0 Å². The highest BCUT2D eigenvalue weighted by molar-refractivity contribution is 7.91. The van der Waals surface area contributed by atoms with Crippen molar-refractivity contribution in [1.82, 2.24) is 15.1 Å². The molecular weight excluding hydrogens is 388 g/mol. The molecule has 3 aromatic rings. The summed E-state index contributed by atoms with van der Waals surface area (Å²) < 4.78 is 32.2. The summed E-state index contributed by atoms with van der Waals surface area (Å²) in [7, 11) is -3.47. The van der Waals surface area contributed by atoms with Crippen LogP contribution in [0.1, 0.15) is 50.0 Å². The van der Waals surface area contributed by atoms with Crippen molar-refractivity contribution >= 4 is 26.8 Å². The molecule has 0 atom stereocenters. The lowest BCUT2D eigenvalue weighted by Crippen LogP contribution is -2.14. The summed E-state index contributed by atoms with van der Waals surface area (Å²) in [4.78, 5) is 8.20. The number of fused-ring (bicyclic) bond motifs is 1. The molecule has 2 N–H and O–H groups in total. The van der Waals surface area contributed by atoms with Gasteiger partial charge in [-0.1, -0.05) is 18.0 Å². The van der Waals surface area contributed by atoms with Crippen LogP contribution in [0, 0.1) is 19.8 Å². The number of hydrogen-bond donors (Lipinski definition) is 2. The number of aromatic nitrogens is 3. The predicted molar refractivity (Wildman–Crippen MR) is 112 cm³/mol. The maximum absolute atomic E-state index is 13.4. The minimum Gasteiger partial charge on any atom is -0.361 e. The van der Waals surface area contributed by atoms with Gasteiger partial charge in [0.15, 0.2) is 9.84 Å². The maximum Gasteiger partial charge on any atom is 0.201 e. The van der Waals surface area contributed by atoms with Crippen LogP contribution in [-0.4, -0.2) is 35.3 Å². The first-order valence-electron chi connectivity index (χ1n) is 10.4. The predicted octanol–water partition coefficient (Wildman–Crippen LogP) is 4.37. The van der Waals surface area contributed by atoms with Gasteiger partial charge in [0.1, 0.15) is 11.3 Å². The Morgan fingerprint density at radius 2 is 1.93 bits per heavy atom. The second-order valence-corrected chi connectivity index (χ2v) is 10.5. The van der Waals surface area contributed by atoms with E-state index in [2.05, 4.69) is 20.4 Å². The average molecular weight is 415 g/mol. The molecule has 0 saturated heterocycles. The minimum atomic E-state index is -3.47. The standard InChI is InChI=1S/C21H26N4O3S/c1-12-19(13(2)28-25-12)15-9-17-20(24-21(23-17)22-16-7-8-16)18(10-15)29(26,27)11-14-5-3-4-6-14/h9-10,14,16H,3-8,11H2,1-2H3,(H2,22,23,24). The third-order valence-corrected chi connectivity index (χ3v) is 7.95. The first-order valence-corrected chi connectivity index (χ1v) is 12.0. The molecule has 2 fully saturated rings. The number of sulfone groups is 1. The fraction of sp³-hybridized carbons (Fsp3) is 0.524. The van der Waals surface area contributed by atoms with Gasteiger partial charge in [-0.15, -0.1) is 0 Å².